The second kappa shape index (κ2) is 27.4. The summed E-state index contributed by atoms with van der Waals surface area (Å²) in [5, 5.41) is 88.6. The number of carboxylic acids is 1. The summed E-state index contributed by atoms with van der Waals surface area (Å²) in [5.74, 6) is -0.146. The summed E-state index contributed by atoms with van der Waals surface area (Å²) in [5.41, 5.74) is 3.46. The summed E-state index contributed by atoms with van der Waals surface area (Å²) in [7, 11) is 1.44. The second-order valence-corrected chi connectivity index (χ2v) is 32.3. The molecular weight excluding hydrogens is 1240 g/mol. The number of aliphatic hydroxyl groups is 7. The van der Waals surface area contributed by atoms with E-state index in [1.807, 2.05) is 38.1 Å². The number of carboxylic acid groups (broad SMARTS) is 1. The molecule has 530 valence electrons. The van der Waals surface area contributed by atoms with Crippen LogP contribution in [0.3, 0.4) is 0 Å². The minimum Gasteiger partial charge on any atom is -0.480 e. The van der Waals surface area contributed by atoms with Crippen LogP contribution < -0.4 is 11.4 Å². The van der Waals surface area contributed by atoms with Crippen molar-refractivity contribution >= 4 is 63.4 Å². The molecule has 97 heavy (non-hydrogen) atoms. The Bertz CT molecular complexity index is 3650. The Labute approximate surface area is 567 Å². The predicted octanol–water partition coefficient (Wildman–Crippen LogP) is 7.13. The van der Waals surface area contributed by atoms with E-state index >= 15 is 0 Å². The number of fused-ring (bicyclic) bond motifs is 16. The molecule has 21 nitrogen and oxygen atoms in total. The molecule has 12 aliphatic carbocycles. The van der Waals surface area contributed by atoms with E-state index < -0.39 is 65.0 Å². The fourth-order valence-corrected chi connectivity index (χ4v) is 22.9. The lowest BCUT2D eigenvalue weighted by Gasteiger charge is -2.60. The number of rotatable bonds is 8. The molecule has 0 amide bonds. The van der Waals surface area contributed by atoms with Gasteiger partial charge < -0.3 is 55.9 Å². The molecule has 0 aliphatic heterocycles. The average molecular weight is 1350 g/mol. The van der Waals surface area contributed by atoms with E-state index in [9.17, 15) is 78.9 Å². The first-order valence-corrected chi connectivity index (χ1v) is 35.3. The predicted molar refractivity (Wildman–Crippen MR) is 358 cm³/mol. The maximum atomic E-state index is 13.3. The maximum Gasteiger partial charge on any atom is 0.336 e. The Morgan fingerprint density at radius 2 is 1.05 bits per heavy atom. The van der Waals surface area contributed by atoms with Crippen molar-refractivity contribution in [2.24, 2.45) is 97.4 Å². The third-order valence-corrected chi connectivity index (χ3v) is 27.8. The zero-order chi connectivity index (χ0) is 70.9. The number of nitrogens with two attached hydrogens (primary N) is 1. The van der Waals surface area contributed by atoms with Gasteiger partial charge in [0.2, 0.25) is 0 Å². The first-order chi connectivity index (χ1) is 45.5. The topological polar surface area (TPSA) is 382 Å². The van der Waals surface area contributed by atoms with Gasteiger partial charge in [-0.1, -0.05) is 76.5 Å². The van der Waals surface area contributed by atoms with Crippen LogP contribution >= 0.6 is 0 Å². The molecular formula is C76H103N3O18. The quantitative estimate of drug-likeness (QED) is 0.0713. The van der Waals surface area contributed by atoms with Gasteiger partial charge in [-0.25, -0.2) is 4.79 Å². The van der Waals surface area contributed by atoms with Crippen molar-refractivity contribution in [3.05, 3.63) is 81.8 Å². The number of aliphatic hydroxyl groups excluding tert-OH is 5. The Balaban J connectivity index is 0.000000138. The molecule has 0 spiro atoms. The van der Waals surface area contributed by atoms with Gasteiger partial charge in [0, 0.05) is 66.8 Å². The molecule has 12 aliphatic rings. The summed E-state index contributed by atoms with van der Waals surface area (Å²) in [6.07, 6.45) is 18.9. The standard InChI is InChI=1S/C21H30O5.C21H28O5.C21H30O4.C9H6O2.C4H9N3O2/c2*1-19-7-5-13(23)9-12(19)3-4-14-15-6-8-21(26,17(25)11-22)20(15,2)10-16(24)18(14)19;1-20-8-7-13(23)9-12(20)3-4-14-15-5-6-16(18(25)11-22)21(15,2)10-17(24)19(14)20;10-9-6-5-7-3-1-2-4-8(7)11-9;1-7(4(5)6)2-3(8)9/h9,14-16,18,22,24,26H,3-8,10-11H2,1-2H3;9,14-15,18,22,26H,3-8,10-11H2,1-2H3;9,14-17,19,22,24H,3-8,10-11H2,1-2H3;1-6H;2H2,1H3,(H3,5,6)(H,8,9)/t14-,15-,16-,18+,19-,20-,21-;14-,15-,18+,19-,20-,21-;14-,15-,16+,17-,19+,20-,21-;;/m000../s1. The molecule has 2 aromatic rings. The fraction of sp³-hybridized carbons (Fsp3) is 0.684. The van der Waals surface area contributed by atoms with Gasteiger partial charge in [0.1, 0.15) is 48.9 Å². The number of Topliss-reactive ketones (excluding diaryl/α,β-unsaturated/α-hetero) is 4. The summed E-state index contributed by atoms with van der Waals surface area (Å²) in [4.78, 5) is 108. The van der Waals surface area contributed by atoms with E-state index in [1.165, 1.54) is 24.3 Å². The number of hydrogen-bond acceptors (Lipinski definition) is 18. The molecule has 0 unspecified atom stereocenters. The molecule has 9 fully saturated rings. The zero-order valence-electron chi connectivity index (χ0n) is 57.5. The van der Waals surface area contributed by atoms with Crippen molar-refractivity contribution in [2.75, 3.05) is 33.4 Å². The summed E-state index contributed by atoms with van der Waals surface area (Å²) >= 11 is 0. The molecule has 0 bridgehead atoms. The van der Waals surface area contributed by atoms with Gasteiger partial charge in [0.15, 0.2) is 40.7 Å². The number of aliphatic carboxylic acids is 1. The Morgan fingerprint density at radius 3 is 1.56 bits per heavy atom. The number of allylic oxidation sites excluding steroid dienone is 3. The number of benzene rings is 1. The first kappa shape index (κ1) is 73.5. The molecule has 9 saturated carbocycles. The number of guanidine groups is 1. The summed E-state index contributed by atoms with van der Waals surface area (Å²) < 4.78 is 4.91. The fourth-order valence-electron chi connectivity index (χ4n) is 22.9. The molecule has 21 heteroatoms. The van der Waals surface area contributed by atoms with Crippen LogP contribution in [-0.2, 0) is 38.4 Å². The van der Waals surface area contributed by atoms with E-state index in [1.54, 1.807) is 24.3 Å². The normalized spacial score (nSPS) is 40.9. The van der Waals surface area contributed by atoms with Gasteiger partial charge in [0.05, 0.1) is 12.2 Å². The van der Waals surface area contributed by atoms with Crippen molar-refractivity contribution in [1.82, 2.24) is 4.90 Å². The lowest BCUT2D eigenvalue weighted by atomic mass is 9.45. The van der Waals surface area contributed by atoms with Crippen molar-refractivity contribution < 1.29 is 83.6 Å². The molecule has 11 N–H and O–H groups in total. The molecule has 1 aromatic carbocycles. The number of carbonyl (C=O) groups excluding carboxylic acids is 7. The molecule has 14 rings (SSSR count). The minimum absolute atomic E-state index is 0.0541. The van der Waals surface area contributed by atoms with Crippen LogP contribution in [0.5, 0.6) is 0 Å². The second-order valence-electron chi connectivity index (χ2n) is 32.3. The van der Waals surface area contributed by atoms with Crippen molar-refractivity contribution in [2.45, 2.75) is 200 Å². The molecule has 0 radical (unpaired) electrons. The summed E-state index contributed by atoms with van der Waals surface area (Å²) in [6.45, 7) is 10.6. The number of nitrogens with zero attached hydrogens (tertiary/aromatic N) is 1. The molecule has 0 saturated heterocycles. The van der Waals surface area contributed by atoms with E-state index in [2.05, 4.69) is 27.7 Å². The highest BCUT2D eigenvalue weighted by atomic mass is 16.4. The van der Waals surface area contributed by atoms with Gasteiger partial charge in [-0.15, -0.1) is 0 Å². The Morgan fingerprint density at radius 1 is 0.577 bits per heavy atom. The minimum atomic E-state index is -1.60. The SMILES string of the molecule is CN(CC(=O)O)C(=N)N.C[C@]12CCC(=O)C=C1CC[C@@H]1[C@@H]2C(=O)C[C@@]2(C)[C@H]1CC[C@]2(O)C(=O)CO.C[C@]12CCC(=O)C=C1CC[C@@H]1[C@@H]2[C@@H](O)C[C@@]2(C)[C@H]1CC[C@]2(O)C(=O)CO.C[C@]12C[C@H](O)[C@H]3[C@@H](CCC4=CC(=O)CC[C@@]43C)[C@@H]1CC[C@@H]2C(=O)CO.O=c1ccc2ccccc2o1. The third kappa shape index (κ3) is 12.6. The van der Waals surface area contributed by atoms with E-state index in [0.717, 1.165) is 86.5 Å². The highest BCUT2D eigenvalue weighted by Crippen LogP contribution is 2.70. The third-order valence-electron chi connectivity index (χ3n) is 27.8. The van der Waals surface area contributed by atoms with Crippen molar-refractivity contribution in [3.8, 4) is 0 Å². The van der Waals surface area contributed by atoms with Crippen LogP contribution in [0.15, 0.2) is 80.6 Å². The van der Waals surface area contributed by atoms with Crippen LogP contribution in [0.25, 0.3) is 11.0 Å². The molecule has 1 heterocycles. The van der Waals surface area contributed by atoms with Crippen LogP contribution in [0.1, 0.15) is 176 Å². The van der Waals surface area contributed by atoms with Crippen LogP contribution in [-0.4, -0.2) is 155 Å². The van der Waals surface area contributed by atoms with Gasteiger partial charge in [-0.2, -0.15) is 0 Å². The number of para-hydroxylation sites is 1. The largest absolute Gasteiger partial charge is 0.480 e. The van der Waals surface area contributed by atoms with Crippen LogP contribution in [0, 0.1) is 97.1 Å². The maximum absolute atomic E-state index is 13.3. The lowest BCUT2D eigenvalue weighted by molar-refractivity contribution is -0.182. The number of nitrogens with one attached hydrogen (secondary N) is 1. The Kier molecular flexibility index (Phi) is 20.8. The van der Waals surface area contributed by atoms with Crippen LogP contribution in [0.4, 0.5) is 0 Å². The van der Waals surface area contributed by atoms with E-state index in [4.69, 9.17) is 20.7 Å². The summed E-state index contributed by atoms with van der Waals surface area (Å²) in [6, 6.07) is 10.6. The highest BCUT2D eigenvalue weighted by molar-refractivity contribution is 5.95. The smallest absolute Gasteiger partial charge is 0.336 e. The van der Waals surface area contributed by atoms with Crippen LogP contribution in [0.2, 0.25) is 0 Å². The van der Waals surface area contributed by atoms with Gasteiger partial charge >= 0.3 is 11.6 Å². The van der Waals surface area contributed by atoms with Crippen molar-refractivity contribution in [1.29, 1.82) is 5.41 Å². The van der Waals surface area contributed by atoms with Gasteiger partial charge in [0.25, 0.3) is 0 Å². The zero-order valence-corrected chi connectivity index (χ0v) is 57.5. The Hall–Kier alpha value is -6.20. The molecule has 1 aromatic heterocycles. The lowest BCUT2D eigenvalue weighted by Crippen LogP contribution is -2.62. The van der Waals surface area contributed by atoms with Gasteiger partial charge in [-0.3, -0.25) is 43.8 Å². The number of ketones is 7. The van der Waals surface area contributed by atoms with Crippen molar-refractivity contribution in [3.63, 3.8) is 0 Å². The highest BCUT2D eigenvalue weighted by Gasteiger charge is 2.71. The van der Waals surface area contributed by atoms with Gasteiger partial charge in [-0.05, 0) is 209 Å². The monoisotopic (exact) mass is 1350 g/mol. The average Bonchev–Trinajstić information content (AvgIpc) is 1.65. The van der Waals surface area contributed by atoms with E-state index in [0.29, 0.717) is 75.2 Å². The molecule has 20 atom stereocenters. The number of hydrogen-bond donors (Lipinski definition) is 10. The van der Waals surface area contributed by atoms with E-state index in [-0.39, 0.29) is 129 Å². The number of likely N-dealkylation sites (N-methyl/N-ethyl adjacent to an activating group) is 1. The number of carbonyl (C=O) groups is 8. The first-order valence-electron chi connectivity index (χ1n) is 35.3.